The molecule has 2 aromatic carbocycles. The van der Waals surface area contributed by atoms with Gasteiger partial charge < -0.3 is 11.1 Å². The number of carbonyl (C=O) groups excluding carboxylic acids is 2. The molecule has 0 aliphatic carbocycles. The van der Waals surface area contributed by atoms with Gasteiger partial charge in [0.05, 0.1) is 5.69 Å². The molecule has 0 aliphatic rings. The van der Waals surface area contributed by atoms with Crippen LogP contribution >= 0.6 is 0 Å². The van der Waals surface area contributed by atoms with Crippen LogP contribution in [-0.2, 0) is 0 Å². The molecule has 0 saturated carbocycles. The Morgan fingerprint density at radius 3 is 2.48 bits per heavy atom. The number of carbonyl (C=O) groups is 2. The summed E-state index contributed by atoms with van der Waals surface area (Å²) in [5, 5.41) is 2.92. The number of amides is 1. The van der Waals surface area contributed by atoms with Gasteiger partial charge in [-0.1, -0.05) is 43.7 Å². The number of Topliss-reactive ketones (excluding diaryl/α,β-unsaturated/α-hetero) is 1. The van der Waals surface area contributed by atoms with Crippen molar-refractivity contribution in [3.05, 3.63) is 64.7 Å². The zero-order valence-electron chi connectivity index (χ0n) is 15.1. The molecule has 2 rings (SSSR count). The van der Waals surface area contributed by atoms with Gasteiger partial charge in [-0.2, -0.15) is 0 Å². The van der Waals surface area contributed by atoms with Crippen molar-refractivity contribution in [1.29, 1.82) is 0 Å². The van der Waals surface area contributed by atoms with E-state index in [4.69, 9.17) is 5.73 Å². The molecule has 132 valence electrons. The SMILES string of the molecule is Cc1ccc(C(C)C)c(C(=O)Nc2ccccc2C(=O)CCCN)c1. The summed E-state index contributed by atoms with van der Waals surface area (Å²) < 4.78 is 0. The van der Waals surface area contributed by atoms with Crippen molar-refractivity contribution in [2.75, 3.05) is 11.9 Å². The molecular formula is C21H26N2O2. The van der Waals surface area contributed by atoms with Crippen molar-refractivity contribution in [3.63, 3.8) is 0 Å². The fourth-order valence-corrected chi connectivity index (χ4v) is 2.79. The number of para-hydroxylation sites is 1. The summed E-state index contributed by atoms with van der Waals surface area (Å²) in [6, 6.07) is 13.0. The molecule has 0 bridgehead atoms. The average molecular weight is 338 g/mol. The lowest BCUT2D eigenvalue weighted by Crippen LogP contribution is -2.17. The number of aryl methyl sites for hydroxylation is 1. The van der Waals surface area contributed by atoms with Gasteiger partial charge in [0.2, 0.25) is 0 Å². The van der Waals surface area contributed by atoms with Crippen LogP contribution in [0.3, 0.4) is 0 Å². The molecule has 0 saturated heterocycles. The topological polar surface area (TPSA) is 72.2 Å². The van der Waals surface area contributed by atoms with Crippen LogP contribution in [0.25, 0.3) is 0 Å². The van der Waals surface area contributed by atoms with Crippen molar-refractivity contribution >= 4 is 17.4 Å². The predicted molar refractivity (Wildman–Crippen MR) is 102 cm³/mol. The van der Waals surface area contributed by atoms with Gasteiger partial charge in [-0.05, 0) is 49.6 Å². The molecule has 2 aromatic rings. The van der Waals surface area contributed by atoms with Crippen LogP contribution < -0.4 is 11.1 Å². The lowest BCUT2D eigenvalue weighted by atomic mass is 9.95. The minimum atomic E-state index is -0.188. The molecule has 4 nitrogen and oxygen atoms in total. The van der Waals surface area contributed by atoms with Gasteiger partial charge in [-0.15, -0.1) is 0 Å². The Bertz CT molecular complexity index is 766. The average Bonchev–Trinajstić information content (AvgIpc) is 2.59. The van der Waals surface area contributed by atoms with Crippen molar-refractivity contribution in [2.24, 2.45) is 5.73 Å². The number of hydrogen-bond acceptors (Lipinski definition) is 3. The highest BCUT2D eigenvalue weighted by atomic mass is 16.1. The number of nitrogens with two attached hydrogens (primary N) is 1. The van der Waals surface area contributed by atoms with Crippen molar-refractivity contribution in [3.8, 4) is 0 Å². The van der Waals surface area contributed by atoms with Crippen molar-refractivity contribution in [1.82, 2.24) is 0 Å². The van der Waals surface area contributed by atoms with Crippen molar-refractivity contribution < 1.29 is 9.59 Å². The van der Waals surface area contributed by atoms with Crippen LogP contribution in [0.15, 0.2) is 42.5 Å². The van der Waals surface area contributed by atoms with Crippen LogP contribution in [0.5, 0.6) is 0 Å². The van der Waals surface area contributed by atoms with E-state index >= 15 is 0 Å². The first-order chi connectivity index (χ1) is 11.9. The van der Waals surface area contributed by atoms with Gasteiger partial charge in [0.1, 0.15) is 0 Å². The molecule has 0 aliphatic heterocycles. The van der Waals surface area contributed by atoms with E-state index in [9.17, 15) is 9.59 Å². The van der Waals surface area contributed by atoms with Crippen LogP contribution in [0.2, 0.25) is 0 Å². The standard InChI is InChI=1S/C21H26N2O2/c1-14(2)16-11-10-15(3)13-18(16)21(25)23-19-8-5-4-7-17(19)20(24)9-6-12-22/h4-5,7-8,10-11,13-14H,6,9,12,22H2,1-3H3,(H,23,25). The van der Waals surface area contributed by atoms with Crippen molar-refractivity contribution in [2.45, 2.75) is 39.5 Å². The third-order valence-corrected chi connectivity index (χ3v) is 4.16. The van der Waals surface area contributed by atoms with Gasteiger partial charge >= 0.3 is 0 Å². The van der Waals surface area contributed by atoms with E-state index in [2.05, 4.69) is 19.2 Å². The fraction of sp³-hybridized carbons (Fsp3) is 0.333. The maximum Gasteiger partial charge on any atom is 0.255 e. The first kappa shape index (κ1) is 18.9. The molecule has 1 amide bonds. The number of nitrogens with one attached hydrogen (secondary N) is 1. The molecule has 0 fully saturated rings. The summed E-state index contributed by atoms with van der Waals surface area (Å²) in [6.07, 6.45) is 1.02. The number of anilines is 1. The Balaban J connectivity index is 2.30. The molecular weight excluding hydrogens is 312 g/mol. The first-order valence-electron chi connectivity index (χ1n) is 8.68. The number of hydrogen-bond donors (Lipinski definition) is 2. The second-order valence-corrected chi connectivity index (χ2v) is 6.56. The Kier molecular flexibility index (Phi) is 6.48. The highest BCUT2D eigenvalue weighted by molar-refractivity contribution is 6.10. The minimum Gasteiger partial charge on any atom is -0.330 e. The Morgan fingerprint density at radius 1 is 1.08 bits per heavy atom. The van der Waals surface area contributed by atoms with E-state index in [1.807, 2.05) is 31.2 Å². The molecule has 0 radical (unpaired) electrons. The predicted octanol–water partition coefficient (Wildman–Crippen LogP) is 4.29. The van der Waals surface area contributed by atoms with E-state index in [0.717, 1.165) is 11.1 Å². The second kappa shape index (κ2) is 8.58. The monoisotopic (exact) mass is 338 g/mol. The highest BCUT2D eigenvalue weighted by Gasteiger charge is 2.17. The normalized spacial score (nSPS) is 10.8. The molecule has 4 heteroatoms. The molecule has 0 spiro atoms. The van der Waals surface area contributed by atoms with Gasteiger partial charge in [0.15, 0.2) is 5.78 Å². The zero-order chi connectivity index (χ0) is 18.4. The third kappa shape index (κ3) is 4.77. The van der Waals surface area contributed by atoms with Crippen LogP contribution in [-0.4, -0.2) is 18.2 Å². The van der Waals surface area contributed by atoms with Crippen LogP contribution in [0.4, 0.5) is 5.69 Å². The largest absolute Gasteiger partial charge is 0.330 e. The maximum atomic E-state index is 12.8. The summed E-state index contributed by atoms with van der Waals surface area (Å²) in [4.78, 5) is 25.2. The summed E-state index contributed by atoms with van der Waals surface area (Å²) in [5.74, 6) is 0.0453. The van der Waals surface area contributed by atoms with Crippen LogP contribution in [0, 0.1) is 6.92 Å². The third-order valence-electron chi connectivity index (χ3n) is 4.16. The molecule has 0 aromatic heterocycles. The van der Waals surface area contributed by atoms with Gasteiger partial charge in [-0.3, -0.25) is 9.59 Å². The van der Waals surface area contributed by atoms with Crippen LogP contribution in [0.1, 0.15) is 64.4 Å². The minimum absolute atomic E-state index is 0.00493. The van der Waals surface area contributed by atoms with E-state index in [1.165, 1.54) is 0 Å². The van der Waals surface area contributed by atoms with E-state index in [1.54, 1.807) is 18.2 Å². The van der Waals surface area contributed by atoms with Gasteiger partial charge in [-0.25, -0.2) is 0 Å². The summed E-state index contributed by atoms with van der Waals surface area (Å²) in [7, 11) is 0. The Labute approximate surface area is 149 Å². The fourth-order valence-electron chi connectivity index (χ4n) is 2.79. The molecule has 0 heterocycles. The summed E-state index contributed by atoms with van der Waals surface area (Å²) >= 11 is 0. The summed E-state index contributed by atoms with van der Waals surface area (Å²) in [6.45, 7) is 6.56. The first-order valence-corrected chi connectivity index (χ1v) is 8.68. The molecule has 3 N–H and O–H groups in total. The van der Waals surface area contributed by atoms with E-state index < -0.39 is 0 Å². The maximum absolute atomic E-state index is 12.8. The Hall–Kier alpha value is -2.46. The zero-order valence-corrected chi connectivity index (χ0v) is 15.1. The highest BCUT2D eigenvalue weighted by Crippen LogP contribution is 2.24. The molecule has 0 unspecified atom stereocenters. The van der Waals surface area contributed by atoms with Gasteiger partial charge in [0.25, 0.3) is 5.91 Å². The Morgan fingerprint density at radius 2 is 1.80 bits per heavy atom. The lowest BCUT2D eigenvalue weighted by molar-refractivity contribution is 0.0981. The molecule has 25 heavy (non-hydrogen) atoms. The van der Waals surface area contributed by atoms with Gasteiger partial charge in [0, 0.05) is 17.5 Å². The lowest BCUT2D eigenvalue weighted by Gasteiger charge is -2.15. The molecule has 0 atom stereocenters. The van der Waals surface area contributed by atoms with E-state index in [0.29, 0.717) is 36.2 Å². The van der Waals surface area contributed by atoms with E-state index in [-0.39, 0.29) is 17.6 Å². The number of ketones is 1. The second-order valence-electron chi connectivity index (χ2n) is 6.56. The smallest absolute Gasteiger partial charge is 0.255 e. The number of benzene rings is 2. The quantitative estimate of drug-likeness (QED) is 0.740. The number of rotatable bonds is 7. The summed E-state index contributed by atoms with van der Waals surface area (Å²) in [5.41, 5.74) is 9.24.